The first-order chi connectivity index (χ1) is 17.5. The molecule has 0 saturated heterocycles. The summed E-state index contributed by atoms with van der Waals surface area (Å²) in [6, 6.07) is 25.9. The highest BCUT2D eigenvalue weighted by molar-refractivity contribution is 6.08. The summed E-state index contributed by atoms with van der Waals surface area (Å²) in [5, 5.41) is 3.28. The fourth-order valence-corrected chi connectivity index (χ4v) is 3.86. The van der Waals surface area contributed by atoms with Crippen LogP contribution in [0.4, 0.5) is 0 Å². The van der Waals surface area contributed by atoms with E-state index in [0.717, 1.165) is 10.9 Å². The number of carbonyl (C=O) groups excluding carboxylic acids is 3. The molecule has 0 atom stereocenters. The maximum absolute atomic E-state index is 13.0. The Balaban J connectivity index is 1.76. The third kappa shape index (κ3) is 5.47. The molecule has 7 heteroatoms. The molecule has 0 fully saturated rings. The van der Waals surface area contributed by atoms with Crippen LogP contribution in [0.1, 0.15) is 28.5 Å². The monoisotopic (exact) mass is 480 g/mol. The van der Waals surface area contributed by atoms with Gasteiger partial charge in [0.2, 0.25) is 5.91 Å². The molecule has 0 spiro atoms. The van der Waals surface area contributed by atoms with Crippen molar-refractivity contribution in [2.24, 2.45) is 0 Å². The van der Waals surface area contributed by atoms with Gasteiger partial charge in [-0.3, -0.25) is 4.79 Å². The van der Waals surface area contributed by atoms with Crippen LogP contribution in [0.3, 0.4) is 0 Å². The Kier molecular flexibility index (Phi) is 7.51. The van der Waals surface area contributed by atoms with E-state index in [-0.39, 0.29) is 23.6 Å². The molecule has 0 saturated carbocycles. The quantitative estimate of drug-likeness (QED) is 0.298. The van der Waals surface area contributed by atoms with E-state index in [1.54, 1.807) is 12.1 Å². The van der Waals surface area contributed by atoms with Gasteiger partial charge in [-0.15, -0.1) is 0 Å². The molecule has 1 aromatic heterocycles. The zero-order valence-corrected chi connectivity index (χ0v) is 19.9. The minimum atomic E-state index is -0.763. The van der Waals surface area contributed by atoms with Gasteiger partial charge in [-0.1, -0.05) is 78.9 Å². The Morgan fingerprint density at radius 1 is 0.889 bits per heavy atom. The van der Waals surface area contributed by atoms with E-state index in [1.165, 1.54) is 20.1 Å². The van der Waals surface area contributed by atoms with Gasteiger partial charge in [-0.2, -0.15) is 0 Å². The van der Waals surface area contributed by atoms with Crippen molar-refractivity contribution in [3.05, 3.63) is 107 Å². The van der Waals surface area contributed by atoms with Crippen LogP contribution >= 0.6 is 0 Å². The highest BCUT2D eigenvalue weighted by Crippen LogP contribution is 2.34. The Labute approximate surface area is 208 Å². The van der Waals surface area contributed by atoms with E-state index < -0.39 is 17.8 Å². The van der Waals surface area contributed by atoms with Crippen LogP contribution in [0.25, 0.3) is 28.1 Å². The van der Waals surface area contributed by atoms with Crippen LogP contribution in [-0.2, 0) is 25.7 Å². The molecule has 1 N–H and O–H groups in total. The molecular weight excluding hydrogens is 456 g/mol. The maximum Gasteiger partial charge on any atom is 0.355 e. The molecule has 4 aromatic rings. The van der Waals surface area contributed by atoms with Crippen molar-refractivity contribution in [3.8, 4) is 11.1 Å². The van der Waals surface area contributed by atoms with Crippen LogP contribution in [0.15, 0.2) is 90.6 Å². The lowest BCUT2D eigenvalue weighted by Crippen LogP contribution is -2.26. The number of nitrogens with one attached hydrogen (secondary N) is 1. The predicted octanol–water partition coefficient (Wildman–Crippen LogP) is 4.91. The number of para-hydroxylation sites is 1. The molecule has 7 nitrogen and oxygen atoms in total. The van der Waals surface area contributed by atoms with Crippen molar-refractivity contribution < 1.29 is 23.9 Å². The minimum Gasteiger partial charge on any atom is -0.465 e. The Morgan fingerprint density at radius 2 is 1.53 bits per heavy atom. The highest BCUT2D eigenvalue weighted by Gasteiger charge is 2.24. The number of methoxy groups -OCH3 is 1. The molecule has 36 heavy (non-hydrogen) atoms. The number of hydrogen-bond donors (Lipinski definition) is 1. The van der Waals surface area contributed by atoms with Gasteiger partial charge < -0.3 is 14.8 Å². The summed E-state index contributed by atoms with van der Waals surface area (Å²) in [6.07, 6.45) is 1.52. The average molecular weight is 481 g/mol. The van der Waals surface area contributed by atoms with Crippen LogP contribution in [0, 0.1) is 0 Å². The predicted molar refractivity (Wildman–Crippen MR) is 137 cm³/mol. The van der Waals surface area contributed by atoms with E-state index >= 15 is 0 Å². The van der Waals surface area contributed by atoms with Crippen molar-refractivity contribution in [1.82, 2.24) is 10.3 Å². The first-order valence-electron chi connectivity index (χ1n) is 11.2. The largest absolute Gasteiger partial charge is 0.465 e. The zero-order valence-electron chi connectivity index (χ0n) is 19.9. The summed E-state index contributed by atoms with van der Waals surface area (Å²) in [5.74, 6) is -1.78. The molecule has 3 aromatic carbocycles. The van der Waals surface area contributed by atoms with E-state index in [0.29, 0.717) is 16.6 Å². The van der Waals surface area contributed by atoms with Crippen molar-refractivity contribution >= 4 is 34.8 Å². The number of benzene rings is 3. The number of aromatic nitrogens is 1. The van der Waals surface area contributed by atoms with Crippen molar-refractivity contribution in [3.63, 3.8) is 0 Å². The first-order valence-corrected chi connectivity index (χ1v) is 11.2. The average Bonchev–Trinajstić information content (AvgIpc) is 2.90. The van der Waals surface area contributed by atoms with E-state index in [1.807, 2.05) is 72.8 Å². The van der Waals surface area contributed by atoms with E-state index in [9.17, 15) is 14.4 Å². The summed E-state index contributed by atoms with van der Waals surface area (Å²) in [4.78, 5) is 42.3. The second kappa shape index (κ2) is 11.1. The van der Waals surface area contributed by atoms with Gasteiger partial charge in [0.15, 0.2) is 0 Å². The highest BCUT2D eigenvalue weighted by atomic mass is 16.5. The standard InChI is InChI=1S/C29H24N2O5/c1-19(32)30-24(17-20-11-5-3-6-12-20)28(33)36-18-25-27(29(34)35-2)26(21-13-7-4-8-14-21)22-15-9-10-16-23(22)31-25/h3-17H,18H2,1-2H3,(H,30,32)/b24-17-. The number of carbonyl (C=O) groups is 3. The molecule has 0 unspecified atom stereocenters. The van der Waals surface area contributed by atoms with Gasteiger partial charge in [-0.25, -0.2) is 14.6 Å². The van der Waals surface area contributed by atoms with Crippen molar-refractivity contribution in [2.75, 3.05) is 7.11 Å². The van der Waals surface area contributed by atoms with E-state index in [4.69, 9.17) is 9.47 Å². The third-order valence-corrected chi connectivity index (χ3v) is 5.40. The number of hydrogen-bond acceptors (Lipinski definition) is 6. The van der Waals surface area contributed by atoms with E-state index in [2.05, 4.69) is 10.3 Å². The maximum atomic E-state index is 13.0. The second-order valence-electron chi connectivity index (χ2n) is 7.91. The number of rotatable bonds is 7. The topological polar surface area (TPSA) is 94.6 Å². The number of pyridine rings is 1. The number of nitrogens with zero attached hydrogens (tertiary/aromatic N) is 1. The van der Waals surface area contributed by atoms with Crippen molar-refractivity contribution in [1.29, 1.82) is 0 Å². The van der Waals surface area contributed by atoms with Gasteiger partial charge in [0.1, 0.15) is 12.3 Å². The summed E-state index contributed by atoms with van der Waals surface area (Å²) in [7, 11) is 1.29. The SMILES string of the molecule is COC(=O)c1c(COC(=O)/C(=C/c2ccccc2)NC(C)=O)nc2ccccc2c1-c1ccccc1. The molecule has 4 rings (SSSR count). The molecule has 0 radical (unpaired) electrons. The lowest BCUT2D eigenvalue weighted by atomic mass is 9.94. The molecule has 180 valence electrons. The van der Waals surface area contributed by atoms with Gasteiger partial charge in [0.05, 0.1) is 23.9 Å². The van der Waals surface area contributed by atoms with Gasteiger partial charge in [0, 0.05) is 17.9 Å². The number of amides is 1. The number of ether oxygens (including phenoxy) is 2. The molecule has 0 aliphatic heterocycles. The van der Waals surface area contributed by atoms with Crippen LogP contribution in [0.5, 0.6) is 0 Å². The Bertz CT molecular complexity index is 1450. The summed E-state index contributed by atoms with van der Waals surface area (Å²) >= 11 is 0. The Hall–Kier alpha value is -4.78. The number of esters is 2. The van der Waals surface area contributed by atoms with Crippen LogP contribution < -0.4 is 5.32 Å². The normalized spacial score (nSPS) is 11.1. The molecule has 1 heterocycles. The minimum absolute atomic E-state index is 0.0302. The fourth-order valence-electron chi connectivity index (χ4n) is 3.86. The lowest BCUT2D eigenvalue weighted by Gasteiger charge is -2.16. The molecule has 0 bridgehead atoms. The first kappa shape index (κ1) is 24.3. The third-order valence-electron chi connectivity index (χ3n) is 5.40. The molecule has 0 aliphatic carbocycles. The summed E-state index contributed by atoms with van der Waals surface area (Å²) < 4.78 is 10.6. The fraction of sp³-hybridized carbons (Fsp3) is 0.103. The van der Waals surface area contributed by atoms with Crippen molar-refractivity contribution in [2.45, 2.75) is 13.5 Å². The summed E-state index contributed by atoms with van der Waals surface area (Å²) in [6.45, 7) is 0.998. The number of fused-ring (bicyclic) bond motifs is 1. The molecular formula is C29H24N2O5. The molecule has 1 amide bonds. The Morgan fingerprint density at radius 3 is 2.19 bits per heavy atom. The van der Waals surface area contributed by atoms with Gasteiger partial charge >= 0.3 is 11.9 Å². The molecule has 0 aliphatic rings. The van der Waals surface area contributed by atoms with Gasteiger partial charge in [0.25, 0.3) is 0 Å². The smallest absolute Gasteiger partial charge is 0.355 e. The van der Waals surface area contributed by atoms with Gasteiger partial charge in [-0.05, 0) is 23.3 Å². The van der Waals surface area contributed by atoms with Crippen LogP contribution in [-0.4, -0.2) is 29.9 Å². The summed E-state index contributed by atoms with van der Waals surface area (Å²) in [5.41, 5.74) is 3.21. The lowest BCUT2D eigenvalue weighted by molar-refractivity contribution is -0.141. The van der Waals surface area contributed by atoms with Crippen LogP contribution in [0.2, 0.25) is 0 Å². The zero-order chi connectivity index (χ0) is 25.5. The second-order valence-corrected chi connectivity index (χ2v) is 7.91.